The maximum absolute atomic E-state index is 14.5. The van der Waals surface area contributed by atoms with E-state index in [1.807, 2.05) is 0 Å². The van der Waals surface area contributed by atoms with Crippen molar-refractivity contribution in [2.24, 2.45) is 5.41 Å². The molecule has 7 nitrogen and oxygen atoms in total. The summed E-state index contributed by atoms with van der Waals surface area (Å²) in [6.07, 6.45) is 8.46. The predicted molar refractivity (Wildman–Crippen MR) is 106 cm³/mol. The minimum atomic E-state index is -0.511. The predicted octanol–water partition coefficient (Wildman–Crippen LogP) is 4.10. The molecule has 2 fully saturated rings. The average molecular weight is 416 g/mol. The van der Waals surface area contributed by atoms with Gasteiger partial charge < -0.3 is 15.0 Å². The maximum atomic E-state index is 14.5. The lowest BCUT2D eigenvalue weighted by atomic mass is 9.71. The minimum absolute atomic E-state index is 0.0228. The van der Waals surface area contributed by atoms with Crippen molar-refractivity contribution < 1.29 is 13.9 Å². The van der Waals surface area contributed by atoms with E-state index in [4.69, 9.17) is 16.3 Å². The molecule has 0 radical (unpaired) electrons. The fourth-order valence-corrected chi connectivity index (χ4v) is 4.62. The second-order valence-corrected chi connectivity index (χ2v) is 8.35. The number of aromatic nitrogens is 4. The number of hydrogen-bond acceptors (Lipinski definition) is 6. The lowest BCUT2D eigenvalue weighted by molar-refractivity contribution is -0.137. The second-order valence-electron chi connectivity index (χ2n) is 7.92. The number of nitrogens with one attached hydrogen (secondary N) is 2. The highest BCUT2D eigenvalue weighted by Gasteiger charge is 2.44. The van der Waals surface area contributed by atoms with Crippen LogP contribution in [0, 0.1) is 11.2 Å². The van der Waals surface area contributed by atoms with Crippen LogP contribution in [0.2, 0.25) is 5.02 Å². The Morgan fingerprint density at radius 1 is 1.34 bits per heavy atom. The van der Waals surface area contributed by atoms with Gasteiger partial charge in [-0.1, -0.05) is 18.0 Å². The monoisotopic (exact) mass is 415 g/mol. The first-order valence-corrected chi connectivity index (χ1v) is 9.97. The Bertz CT molecular complexity index is 1100. The van der Waals surface area contributed by atoms with Gasteiger partial charge in [-0.2, -0.15) is 0 Å². The summed E-state index contributed by atoms with van der Waals surface area (Å²) >= 11 is 6.07. The highest BCUT2D eigenvalue weighted by atomic mass is 35.5. The first-order valence-electron chi connectivity index (χ1n) is 9.59. The van der Waals surface area contributed by atoms with Gasteiger partial charge >= 0.3 is 5.97 Å². The highest BCUT2D eigenvalue weighted by Crippen LogP contribution is 2.44. The molecule has 2 aliphatic rings. The van der Waals surface area contributed by atoms with Crippen molar-refractivity contribution in [2.45, 2.75) is 38.1 Å². The van der Waals surface area contributed by atoms with Crippen molar-refractivity contribution in [1.29, 1.82) is 0 Å². The molecule has 2 N–H and O–H groups in total. The number of ether oxygens (including phenoxy) is 1. The molecule has 1 saturated carbocycles. The van der Waals surface area contributed by atoms with Gasteiger partial charge in [-0.05, 0) is 25.3 Å². The zero-order valence-electron chi connectivity index (χ0n) is 15.5. The first kappa shape index (κ1) is 18.3. The number of cyclic esters (lactones) is 1. The smallest absolute Gasteiger partial charge is 0.306 e. The van der Waals surface area contributed by atoms with Crippen molar-refractivity contribution in [2.75, 3.05) is 11.9 Å². The molecule has 0 unspecified atom stereocenters. The van der Waals surface area contributed by atoms with Crippen LogP contribution in [0.3, 0.4) is 0 Å². The molecule has 1 aliphatic carbocycles. The Labute approximate surface area is 171 Å². The number of carbonyl (C=O) groups is 1. The van der Waals surface area contributed by atoms with E-state index >= 15 is 0 Å². The van der Waals surface area contributed by atoms with Crippen molar-refractivity contribution in [3.8, 4) is 11.4 Å². The van der Waals surface area contributed by atoms with Gasteiger partial charge in [-0.15, -0.1) is 0 Å². The van der Waals surface area contributed by atoms with Crippen LogP contribution in [0.5, 0.6) is 0 Å². The average Bonchev–Trinajstić information content (AvgIpc) is 3.27. The number of fused-ring (bicyclic) bond motifs is 1. The summed E-state index contributed by atoms with van der Waals surface area (Å²) in [4.78, 5) is 27.5. The summed E-state index contributed by atoms with van der Waals surface area (Å²) in [6.45, 7) is 0.449. The van der Waals surface area contributed by atoms with Gasteiger partial charge in [0.05, 0.1) is 24.2 Å². The van der Waals surface area contributed by atoms with E-state index < -0.39 is 5.82 Å². The van der Waals surface area contributed by atoms with Crippen LogP contribution in [0.25, 0.3) is 22.4 Å². The quantitative estimate of drug-likeness (QED) is 0.625. The first-order chi connectivity index (χ1) is 14.0. The summed E-state index contributed by atoms with van der Waals surface area (Å²) < 4.78 is 19.7. The molecule has 1 saturated heterocycles. The number of pyridine rings is 1. The molecular weight excluding hydrogens is 397 g/mol. The van der Waals surface area contributed by atoms with Gasteiger partial charge in [-0.3, -0.25) is 4.79 Å². The van der Waals surface area contributed by atoms with E-state index in [9.17, 15) is 9.18 Å². The van der Waals surface area contributed by atoms with E-state index in [0.717, 1.165) is 31.1 Å². The van der Waals surface area contributed by atoms with Crippen molar-refractivity contribution >= 4 is 34.4 Å². The topological polar surface area (TPSA) is 92.8 Å². The van der Waals surface area contributed by atoms with E-state index in [-0.39, 0.29) is 23.2 Å². The molecule has 0 amide bonds. The van der Waals surface area contributed by atoms with Crippen molar-refractivity contribution in [1.82, 2.24) is 19.9 Å². The third-order valence-electron chi connectivity index (χ3n) is 5.82. The number of anilines is 1. The number of rotatable bonds is 3. The molecule has 0 aromatic carbocycles. The zero-order valence-corrected chi connectivity index (χ0v) is 16.3. The lowest BCUT2D eigenvalue weighted by Crippen LogP contribution is -2.36. The van der Waals surface area contributed by atoms with Crippen LogP contribution in [-0.4, -0.2) is 38.6 Å². The fourth-order valence-electron chi connectivity index (χ4n) is 4.46. The number of esters is 1. The van der Waals surface area contributed by atoms with Gasteiger partial charge in [0.25, 0.3) is 0 Å². The van der Waals surface area contributed by atoms with Crippen LogP contribution in [0.4, 0.5) is 10.2 Å². The molecule has 5 rings (SSSR count). The van der Waals surface area contributed by atoms with Crippen LogP contribution in [0.15, 0.2) is 24.7 Å². The third-order valence-corrected chi connectivity index (χ3v) is 6.03. The molecular formula is C20H19ClFN5O2. The summed E-state index contributed by atoms with van der Waals surface area (Å²) in [7, 11) is 0. The van der Waals surface area contributed by atoms with E-state index in [1.165, 1.54) is 6.20 Å². The van der Waals surface area contributed by atoms with Crippen LogP contribution in [-0.2, 0) is 9.53 Å². The molecule has 3 aromatic heterocycles. The Balaban J connectivity index is 1.42. The Kier molecular flexibility index (Phi) is 4.38. The van der Waals surface area contributed by atoms with Gasteiger partial charge in [0.2, 0.25) is 0 Å². The fraction of sp³-hybridized carbons (Fsp3) is 0.400. The van der Waals surface area contributed by atoms with E-state index in [1.54, 1.807) is 18.5 Å². The van der Waals surface area contributed by atoms with Crippen LogP contribution in [0.1, 0.15) is 32.1 Å². The summed E-state index contributed by atoms with van der Waals surface area (Å²) in [6, 6.07) is 1.80. The third kappa shape index (κ3) is 3.42. The van der Waals surface area contributed by atoms with Crippen LogP contribution < -0.4 is 5.32 Å². The van der Waals surface area contributed by atoms with Gasteiger partial charge in [0.1, 0.15) is 5.65 Å². The van der Waals surface area contributed by atoms with Gasteiger partial charge in [0.15, 0.2) is 17.5 Å². The van der Waals surface area contributed by atoms with Gasteiger partial charge in [0, 0.05) is 34.8 Å². The standard InChI is InChI=1S/C20H19ClFN5O2/c21-11-4-13-14(8-24-17(13)23-7-11)18-25-9-15(22)19(27-18)26-12-2-1-3-20(5-12)6-16(28)29-10-20/h4,7-9,12H,1-3,5-6,10H2,(H,23,24)(H,25,26,27)/t12-,20+/m0/s1. The van der Waals surface area contributed by atoms with Gasteiger partial charge in [-0.25, -0.2) is 19.3 Å². The Hall–Kier alpha value is -2.74. The summed E-state index contributed by atoms with van der Waals surface area (Å²) in [5.41, 5.74) is 1.22. The maximum Gasteiger partial charge on any atom is 0.306 e. The van der Waals surface area contributed by atoms with Crippen LogP contribution >= 0.6 is 11.6 Å². The van der Waals surface area contributed by atoms with Crippen molar-refractivity contribution in [3.05, 3.63) is 35.5 Å². The number of aromatic amines is 1. The molecule has 1 spiro atoms. The zero-order chi connectivity index (χ0) is 20.0. The van der Waals surface area contributed by atoms with E-state index in [2.05, 4.69) is 25.3 Å². The Morgan fingerprint density at radius 3 is 3.07 bits per heavy atom. The minimum Gasteiger partial charge on any atom is -0.465 e. The molecule has 29 heavy (non-hydrogen) atoms. The molecule has 0 bridgehead atoms. The largest absolute Gasteiger partial charge is 0.465 e. The highest BCUT2D eigenvalue weighted by molar-refractivity contribution is 6.31. The molecule has 4 heterocycles. The summed E-state index contributed by atoms with van der Waals surface area (Å²) in [5.74, 6) is -0.114. The second kappa shape index (κ2) is 6.95. The number of halogens is 2. The number of nitrogens with zero attached hydrogens (tertiary/aromatic N) is 3. The Morgan fingerprint density at radius 2 is 2.24 bits per heavy atom. The molecule has 1 aliphatic heterocycles. The molecule has 9 heteroatoms. The number of carbonyl (C=O) groups excluding carboxylic acids is 1. The number of hydrogen-bond donors (Lipinski definition) is 2. The molecule has 2 atom stereocenters. The molecule has 3 aromatic rings. The lowest BCUT2D eigenvalue weighted by Gasteiger charge is -2.36. The molecule has 150 valence electrons. The normalized spacial score (nSPS) is 24.2. The van der Waals surface area contributed by atoms with Crippen molar-refractivity contribution in [3.63, 3.8) is 0 Å². The summed E-state index contributed by atoms with van der Waals surface area (Å²) in [5, 5.41) is 4.50. The van der Waals surface area contributed by atoms with E-state index in [0.29, 0.717) is 35.1 Å². The SMILES string of the molecule is O=C1C[C@]2(CCC[C@H](Nc3nc(-c4c[nH]c5ncc(Cl)cc45)ncc3F)C2)CO1. The number of H-pyrrole nitrogens is 1.